The topological polar surface area (TPSA) is 44.8 Å². The van der Waals surface area contributed by atoms with Crippen molar-refractivity contribution >= 4 is 5.78 Å². The highest BCUT2D eigenvalue weighted by Crippen LogP contribution is 1.87. The molecule has 0 rings (SSSR count). The smallest absolute Gasteiger partial charge is 0.146 e. The fourth-order valence-electron chi connectivity index (χ4n) is 0.698. The van der Waals surface area contributed by atoms with Crippen LogP contribution in [0, 0.1) is 0 Å². The summed E-state index contributed by atoms with van der Waals surface area (Å²) in [6.45, 7) is 3.58. The Morgan fingerprint density at radius 3 is 2.46 bits per heavy atom. The van der Waals surface area contributed by atoms with Crippen molar-refractivity contribution in [2.75, 3.05) is 33.7 Å². The highest BCUT2D eigenvalue weighted by atomic mass is 16.7. The molecule has 0 aromatic rings. The Bertz CT molecular complexity index is 125. The van der Waals surface area contributed by atoms with Crippen molar-refractivity contribution in [2.45, 2.75) is 19.8 Å². The van der Waals surface area contributed by atoms with Crippen LogP contribution in [0.15, 0.2) is 0 Å². The van der Waals surface area contributed by atoms with Gasteiger partial charge in [-0.25, -0.2) is 0 Å². The number of ether oxygens (including phenoxy) is 3. The van der Waals surface area contributed by atoms with Crippen LogP contribution in [0.25, 0.3) is 0 Å². The first-order valence-electron chi connectivity index (χ1n) is 4.41. The van der Waals surface area contributed by atoms with Crippen molar-refractivity contribution in [3.63, 3.8) is 0 Å². The molecule has 13 heavy (non-hydrogen) atoms. The minimum atomic E-state index is 0.138. The second-order valence-corrected chi connectivity index (χ2v) is 2.73. The summed E-state index contributed by atoms with van der Waals surface area (Å²) in [6, 6.07) is 0. The zero-order valence-electron chi connectivity index (χ0n) is 8.38. The monoisotopic (exact) mass is 190 g/mol. The van der Waals surface area contributed by atoms with Crippen molar-refractivity contribution < 1.29 is 19.0 Å². The van der Waals surface area contributed by atoms with Gasteiger partial charge in [-0.2, -0.15) is 0 Å². The Labute approximate surface area is 79.2 Å². The molecule has 0 aliphatic carbocycles. The van der Waals surface area contributed by atoms with Gasteiger partial charge in [0.2, 0.25) is 0 Å². The maximum atomic E-state index is 10.5. The summed E-state index contributed by atoms with van der Waals surface area (Å²) >= 11 is 0. The van der Waals surface area contributed by atoms with Gasteiger partial charge in [-0.1, -0.05) is 0 Å². The molecule has 0 N–H and O–H groups in total. The van der Waals surface area contributed by atoms with Crippen molar-refractivity contribution in [1.82, 2.24) is 0 Å². The fraction of sp³-hybridized carbons (Fsp3) is 0.889. The van der Waals surface area contributed by atoms with Gasteiger partial charge in [-0.3, -0.25) is 4.79 Å². The van der Waals surface area contributed by atoms with Crippen LogP contribution in [-0.2, 0) is 19.0 Å². The highest BCUT2D eigenvalue weighted by molar-refractivity contribution is 5.75. The zero-order valence-corrected chi connectivity index (χ0v) is 8.38. The van der Waals surface area contributed by atoms with Gasteiger partial charge in [0.05, 0.1) is 13.2 Å². The SMILES string of the molecule is COCCCOCOCCC(C)=O. The summed E-state index contributed by atoms with van der Waals surface area (Å²) < 4.78 is 15.0. The molecule has 0 aromatic heterocycles. The number of carbonyl (C=O) groups is 1. The lowest BCUT2D eigenvalue weighted by Gasteiger charge is -2.04. The molecule has 0 atom stereocenters. The van der Waals surface area contributed by atoms with E-state index in [1.807, 2.05) is 0 Å². The van der Waals surface area contributed by atoms with Gasteiger partial charge >= 0.3 is 0 Å². The predicted molar refractivity (Wildman–Crippen MR) is 48.6 cm³/mol. The third-order valence-corrected chi connectivity index (χ3v) is 1.40. The van der Waals surface area contributed by atoms with Crippen molar-refractivity contribution in [2.24, 2.45) is 0 Å². The predicted octanol–water partition coefficient (Wildman–Crippen LogP) is 0.993. The average Bonchev–Trinajstić information content (AvgIpc) is 2.09. The molecule has 0 amide bonds. The molecule has 4 nitrogen and oxygen atoms in total. The van der Waals surface area contributed by atoms with Crippen LogP contribution in [0.4, 0.5) is 0 Å². The Balaban J connectivity index is 2.87. The standard InChI is InChI=1S/C9H18O4/c1-9(10)4-7-13-8-12-6-3-5-11-2/h3-8H2,1-2H3. The maximum absolute atomic E-state index is 10.5. The van der Waals surface area contributed by atoms with Crippen molar-refractivity contribution in [1.29, 1.82) is 0 Å². The lowest BCUT2D eigenvalue weighted by Crippen LogP contribution is -2.06. The number of rotatable bonds is 9. The molecule has 0 aliphatic rings. The number of carbonyl (C=O) groups excluding carboxylic acids is 1. The number of hydrogen-bond donors (Lipinski definition) is 0. The van der Waals surface area contributed by atoms with Gasteiger partial charge < -0.3 is 14.2 Å². The fourth-order valence-corrected chi connectivity index (χ4v) is 0.698. The summed E-state index contributed by atoms with van der Waals surface area (Å²) in [6.07, 6.45) is 1.33. The van der Waals surface area contributed by atoms with E-state index in [0.29, 0.717) is 26.2 Å². The molecular formula is C9H18O4. The van der Waals surface area contributed by atoms with Crippen LogP contribution in [0.5, 0.6) is 0 Å². The summed E-state index contributed by atoms with van der Waals surface area (Å²) in [5.41, 5.74) is 0. The summed E-state index contributed by atoms with van der Waals surface area (Å²) in [5.74, 6) is 0.138. The molecule has 0 fully saturated rings. The van der Waals surface area contributed by atoms with E-state index in [9.17, 15) is 4.79 Å². The second-order valence-electron chi connectivity index (χ2n) is 2.73. The molecule has 0 saturated heterocycles. The van der Waals surface area contributed by atoms with Crippen LogP contribution in [0.3, 0.4) is 0 Å². The van der Waals surface area contributed by atoms with Gasteiger partial charge in [0.15, 0.2) is 0 Å². The van der Waals surface area contributed by atoms with Crippen LogP contribution >= 0.6 is 0 Å². The minimum Gasteiger partial charge on any atom is -0.385 e. The molecule has 0 radical (unpaired) electrons. The third kappa shape index (κ3) is 11.5. The van der Waals surface area contributed by atoms with E-state index in [4.69, 9.17) is 14.2 Å². The Hall–Kier alpha value is -0.450. The van der Waals surface area contributed by atoms with E-state index in [0.717, 1.165) is 6.42 Å². The van der Waals surface area contributed by atoms with Crippen LogP contribution in [0.2, 0.25) is 0 Å². The van der Waals surface area contributed by atoms with Crippen LogP contribution in [-0.4, -0.2) is 39.5 Å². The molecule has 0 aliphatic heterocycles. The summed E-state index contributed by atoms with van der Waals surface area (Å²) in [4.78, 5) is 10.5. The van der Waals surface area contributed by atoms with E-state index in [2.05, 4.69) is 0 Å². The second kappa shape index (κ2) is 9.64. The first kappa shape index (κ1) is 12.6. The molecule has 0 heterocycles. The third-order valence-electron chi connectivity index (χ3n) is 1.40. The average molecular weight is 190 g/mol. The molecule has 0 unspecified atom stereocenters. The number of hydrogen-bond acceptors (Lipinski definition) is 4. The van der Waals surface area contributed by atoms with E-state index in [1.54, 1.807) is 14.0 Å². The van der Waals surface area contributed by atoms with E-state index in [1.165, 1.54) is 0 Å². The van der Waals surface area contributed by atoms with E-state index < -0.39 is 0 Å². The van der Waals surface area contributed by atoms with Crippen molar-refractivity contribution in [3.8, 4) is 0 Å². The molecule has 4 heteroatoms. The lowest BCUT2D eigenvalue weighted by atomic mass is 10.3. The molecule has 0 spiro atoms. The van der Waals surface area contributed by atoms with E-state index in [-0.39, 0.29) is 12.6 Å². The molecule has 0 aromatic carbocycles. The lowest BCUT2D eigenvalue weighted by molar-refractivity contribution is -0.119. The summed E-state index contributed by atoms with van der Waals surface area (Å²) in [5, 5.41) is 0. The normalized spacial score (nSPS) is 10.3. The van der Waals surface area contributed by atoms with Crippen molar-refractivity contribution in [3.05, 3.63) is 0 Å². The van der Waals surface area contributed by atoms with E-state index >= 15 is 0 Å². The number of ketones is 1. The number of Topliss-reactive ketones (excluding diaryl/α,β-unsaturated/α-hetero) is 1. The quantitative estimate of drug-likeness (QED) is 0.402. The van der Waals surface area contributed by atoms with Crippen LogP contribution < -0.4 is 0 Å². The summed E-state index contributed by atoms with van der Waals surface area (Å²) in [7, 11) is 1.66. The first-order chi connectivity index (χ1) is 6.27. The molecular weight excluding hydrogens is 172 g/mol. The number of methoxy groups -OCH3 is 1. The maximum Gasteiger partial charge on any atom is 0.146 e. The highest BCUT2D eigenvalue weighted by Gasteiger charge is 1.93. The van der Waals surface area contributed by atoms with Gasteiger partial charge in [-0.05, 0) is 13.3 Å². The Morgan fingerprint density at radius 2 is 1.85 bits per heavy atom. The van der Waals surface area contributed by atoms with Gasteiger partial charge in [0, 0.05) is 20.1 Å². The molecule has 0 saturated carbocycles. The Kier molecular flexibility index (Phi) is 9.30. The van der Waals surface area contributed by atoms with Gasteiger partial charge in [0.1, 0.15) is 12.6 Å². The Morgan fingerprint density at radius 1 is 1.15 bits per heavy atom. The first-order valence-corrected chi connectivity index (χ1v) is 4.41. The zero-order chi connectivity index (χ0) is 9.94. The minimum absolute atomic E-state index is 0.138. The molecule has 78 valence electrons. The van der Waals surface area contributed by atoms with Gasteiger partial charge in [0.25, 0.3) is 0 Å². The van der Waals surface area contributed by atoms with Crippen LogP contribution in [0.1, 0.15) is 19.8 Å². The van der Waals surface area contributed by atoms with Gasteiger partial charge in [-0.15, -0.1) is 0 Å². The molecule has 0 bridgehead atoms. The largest absolute Gasteiger partial charge is 0.385 e.